The second kappa shape index (κ2) is 9.21. The van der Waals surface area contributed by atoms with Crippen LogP contribution in [0.15, 0.2) is 42.5 Å². The van der Waals surface area contributed by atoms with Gasteiger partial charge < -0.3 is 10.1 Å². The number of benzene rings is 2. The molecule has 1 N–H and O–H groups in total. The molecule has 0 aliphatic rings. The molecular weight excluding hydrogens is 402 g/mol. The summed E-state index contributed by atoms with van der Waals surface area (Å²) in [5.74, 6) is -2.27. The molecule has 1 amide bonds. The number of aryl methyl sites for hydroxylation is 1. The van der Waals surface area contributed by atoms with Crippen LogP contribution in [-0.4, -0.2) is 39.3 Å². The minimum atomic E-state index is -3.93. The Morgan fingerprint density at radius 1 is 1.10 bits per heavy atom. The molecule has 158 valence electrons. The van der Waals surface area contributed by atoms with Crippen molar-refractivity contribution >= 4 is 21.6 Å². The van der Waals surface area contributed by atoms with E-state index in [0.29, 0.717) is 5.75 Å². The Morgan fingerprint density at radius 2 is 1.72 bits per heavy atom. The fourth-order valence-corrected chi connectivity index (χ4v) is 3.86. The number of rotatable bonds is 8. The summed E-state index contributed by atoms with van der Waals surface area (Å²) in [4.78, 5) is 12.6. The number of hydrogen-bond donors (Lipinski definition) is 1. The lowest BCUT2D eigenvalue weighted by atomic mass is 10.2. The second-order valence-corrected chi connectivity index (χ2v) is 8.73. The van der Waals surface area contributed by atoms with E-state index in [1.165, 1.54) is 6.92 Å². The highest BCUT2D eigenvalue weighted by Crippen LogP contribution is 2.23. The molecule has 29 heavy (non-hydrogen) atoms. The highest BCUT2D eigenvalue weighted by Gasteiger charge is 2.30. The first-order valence-corrected chi connectivity index (χ1v) is 10.8. The summed E-state index contributed by atoms with van der Waals surface area (Å²) < 4.78 is 57.5. The van der Waals surface area contributed by atoms with Gasteiger partial charge in [0.1, 0.15) is 18.4 Å². The first kappa shape index (κ1) is 22.6. The summed E-state index contributed by atoms with van der Waals surface area (Å²) in [5.41, 5.74) is 0.947. The summed E-state index contributed by atoms with van der Waals surface area (Å²) in [6, 6.07) is 8.46. The molecule has 6 nitrogen and oxygen atoms in total. The maximum Gasteiger partial charge on any atom is 0.243 e. The first-order valence-electron chi connectivity index (χ1n) is 8.93. The Kier molecular flexibility index (Phi) is 7.18. The molecule has 0 radical (unpaired) electrons. The van der Waals surface area contributed by atoms with Gasteiger partial charge in [0.2, 0.25) is 15.9 Å². The van der Waals surface area contributed by atoms with E-state index in [0.717, 1.165) is 34.3 Å². The van der Waals surface area contributed by atoms with Crippen LogP contribution in [-0.2, 0) is 14.8 Å². The lowest BCUT2D eigenvalue weighted by Crippen LogP contribution is -2.50. The second-order valence-electron chi connectivity index (χ2n) is 6.87. The summed E-state index contributed by atoms with van der Waals surface area (Å²) in [5, 5.41) is 2.67. The molecule has 0 aromatic heterocycles. The van der Waals surface area contributed by atoms with Crippen molar-refractivity contribution in [2.45, 2.75) is 32.9 Å². The molecule has 0 heterocycles. The molecule has 9 heteroatoms. The van der Waals surface area contributed by atoms with Gasteiger partial charge in [-0.3, -0.25) is 9.10 Å². The summed E-state index contributed by atoms with van der Waals surface area (Å²) in [6.07, 6.45) is 0.891. The smallest absolute Gasteiger partial charge is 0.243 e. The van der Waals surface area contributed by atoms with E-state index in [1.54, 1.807) is 19.1 Å². The Morgan fingerprint density at radius 3 is 2.28 bits per heavy atom. The van der Waals surface area contributed by atoms with E-state index < -0.39 is 39.6 Å². The Bertz CT molecular complexity index is 965. The third kappa shape index (κ3) is 6.15. The average Bonchev–Trinajstić information content (AvgIpc) is 2.63. The number of carbonyl (C=O) groups excluding carboxylic acids is 1. The predicted octanol–water partition coefficient (Wildman–Crippen LogP) is 3.01. The van der Waals surface area contributed by atoms with E-state index in [9.17, 15) is 22.0 Å². The Hall–Kier alpha value is -2.68. The predicted molar refractivity (Wildman–Crippen MR) is 107 cm³/mol. The quantitative estimate of drug-likeness (QED) is 0.704. The van der Waals surface area contributed by atoms with E-state index in [-0.39, 0.29) is 12.3 Å². The van der Waals surface area contributed by atoms with Crippen molar-refractivity contribution in [3.63, 3.8) is 0 Å². The lowest BCUT2D eigenvalue weighted by molar-refractivity contribution is -0.122. The van der Waals surface area contributed by atoms with E-state index in [2.05, 4.69) is 5.32 Å². The maximum atomic E-state index is 13.6. The van der Waals surface area contributed by atoms with Crippen molar-refractivity contribution in [1.82, 2.24) is 5.32 Å². The van der Waals surface area contributed by atoms with Crippen LogP contribution in [0.4, 0.5) is 14.5 Å². The molecule has 2 aromatic carbocycles. The molecule has 0 spiro atoms. The fourth-order valence-electron chi connectivity index (χ4n) is 2.69. The molecule has 0 saturated carbocycles. The standard InChI is InChI=1S/C20H24F2N2O4S/c1-13-5-8-17(9-6-13)28-12-14(2)23-20(25)15(3)24(29(4,26)27)16-7-10-18(21)19(22)11-16/h5-11,14-15H,12H2,1-4H3,(H,23,25)/t14-,15-/m0/s1. The van der Waals surface area contributed by atoms with Crippen molar-refractivity contribution in [3.05, 3.63) is 59.7 Å². The van der Waals surface area contributed by atoms with Crippen LogP contribution >= 0.6 is 0 Å². The van der Waals surface area contributed by atoms with Gasteiger partial charge in [0, 0.05) is 6.07 Å². The molecule has 0 aliphatic heterocycles. The van der Waals surface area contributed by atoms with Gasteiger partial charge in [0.15, 0.2) is 11.6 Å². The van der Waals surface area contributed by atoms with Gasteiger partial charge in [-0.05, 0) is 45.0 Å². The van der Waals surface area contributed by atoms with Crippen LogP contribution < -0.4 is 14.4 Å². The monoisotopic (exact) mass is 426 g/mol. The van der Waals surface area contributed by atoms with Crippen molar-refractivity contribution in [3.8, 4) is 5.75 Å². The number of ether oxygens (including phenoxy) is 1. The van der Waals surface area contributed by atoms with Crippen LogP contribution in [0.3, 0.4) is 0 Å². The van der Waals surface area contributed by atoms with Crippen LogP contribution in [0.25, 0.3) is 0 Å². The highest BCUT2D eigenvalue weighted by atomic mass is 32.2. The van der Waals surface area contributed by atoms with Gasteiger partial charge in [0.25, 0.3) is 0 Å². The van der Waals surface area contributed by atoms with E-state index in [4.69, 9.17) is 4.74 Å². The number of nitrogens with zero attached hydrogens (tertiary/aromatic N) is 1. The molecule has 0 fully saturated rings. The number of carbonyl (C=O) groups is 1. The minimum absolute atomic E-state index is 0.141. The SMILES string of the molecule is Cc1ccc(OC[C@H](C)NC(=O)[C@H](C)N(c2ccc(F)c(F)c2)S(C)(=O)=O)cc1. The van der Waals surface area contributed by atoms with Gasteiger partial charge >= 0.3 is 0 Å². The molecule has 2 atom stereocenters. The summed E-state index contributed by atoms with van der Waals surface area (Å²) >= 11 is 0. The first-order chi connectivity index (χ1) is 13.5. The van der Waals surface area contributed by atoms with Crippen molar-refractivity contribution < 1.29 is 26.7 Å². The lowest BCUT2D eigenvalue weighted by Gasteiger charge is -2.29. The third-order valence-electron chi connectivity index (χ3n) is 4.16. The van der Waals surface area contributed by atoms with Gasteiger partial charge in [0.05, 0.1) is 18.0 Å². The molecule has 0 bridgehead atoms. The van der Waals surface area contributed by atoms with Gasteiger partial charge in [-0.15, -0.1) is 0 Å². The zero-order valence-corrected chi connectivity index (χ0v) is 17.5. The van der Waals surface area contributed by atoms with Gasteiger partial charge in [-0.2, -0.15) is 0 Å². The van der Waals surface area contributed by atoms with Crippen molar-refractivity contribution in [1.29, 1.82) is 0 Å². The van der Waals surface area contributed by atoms with Crippen LogP contribution in [0.1, 0.15) is 19.4 Å². The fraction of sp³-hybridized carbons (Fsp3) is 0.350. The molecule has 2 aromatic rings. The average molecular weight is 426 g/mol. The normalized spacial score (nSPS) is 13.4. The largest absolute Gasteiger partial charge is 0.491 e. The zero-order valence-electron chi connectivity index (χ0n) is 16.6. The topological polar surface area (TPSA) is 75.7 Å². The molecule has 0 aliphatic carbocycles. The van der Waals surface area contributed by atoms with Crippen LogP contribution in [0.5, 0.6) is 5.75 Å². The highest BCUT2D eigenvalue weighted by molar-refractivity contribution is 7.92. The number of anilines is 1. The van der Waals surface area contributed by atoms with Crippen molar-refractivity contribution in [2.24, 2.45) is 0 Å². The third-order valence-corrected chi connectivity index (χ3v) is 5.40. The van der Waals surface area contributed by atoms with Crippen LogP contribution in [0.2, 0.25) is 0 Å². The molecule has 2 rings (SSSR count). The number of halogens is 2. The van der Waals surface area contributed by atoms with Gasteiger partial charge in [-0.25, -0.2) is 17.2 Å². The molecule has 0 saturated heterocycles. The number of nitrogens with one attached hydrogen (secondary N) is 1. The number of sulfonamides is 1. The maximum absolute atomic E-state index is 13.6. The van der Waals surface area contributed by atoms with E-state index >= 15 is 0 Å². The van der Waals surface area contributed by atoms with Crippen LogP contribution in [0, 0.1) is 18.6 Å². The molecular formula is C20H24F2N2O4S. The summed E-state index contributed by atoms with van der Waals surface area (Å²) in [7, 11) is -3.93. The Labute approximate surface area is 169 Å². The Balaban J connectivity index is 2.08. The van der Waals surface area contributed by atoms with E-state index in [1.807, 2.05) is 19.1 Å². The van der Waals surface area contributed by atoms with Gasteiger partial charge in [-0.1, -0.05) is 17.7 Å². The zero-order chi connectivity index (χ0) is 21.8. The number of hydrogen-bond acceptors (Lipinski definition) is 4. The number of amides is 1. The minimum Gasteiger partial charge on any atom is -0.491 e. The van der Waals surface area contributed by atoms with Crippen molar-refractivity contribution in [2.75, 3.05) is 17.2 Å². The summed E-state index contributed by atoms with van der Waals surface area (Å²) in [6.45, 7) is 5.20. The molecule has 0 unspecified atom stereocenters.